The number of benzene rings is 1. The van der Waals surface area contributed by atoms with Gasteiger partial charge in [0.05, 0.1) is 4.92 Å². The zero-order chi connectivity index (χ0) is 14.6. The number of nitro groups is 1. The van der Waals surface area contributed by atoms with Crippen LogP contribution in [0.15, 0.2) is 18.2 Å². The lowest BCUT2D eigenvalue weighted by Gasteiger charge is -2.57. The molecule has 21 heavy (non-hydrogen) atoms. The van der Waals surface area contributed by atoms with Gasteiger partial charge in [0.25, 0.3) is 0 Å². The molecule has 0 atom stereocenters. The van der Waals surface area contributed by atoms with Crippen LogP contribution in [0, 0.1) is 27.9 Å². The molecule has 4 nitrogen and oxygen atoms in total. The number of anilines is 1. The molecular formula is C16H19ClN2O2. The summed E-state index contributed by atoms with van der Waals surface area (Å²) in [6.45, 7) is 0. The molecule has 112 valence electrons. The van der Waals surface area contributed by atoms with Crippen LogP contribution in [0.25, 0.3) is 0 Å². The molecule has 0 aromatic heterocycles. The van der Waals surface area contributed by atoms with E-state index in [9.17, 15) is 10.1 Å². The van der Waals surface area contributed by atoms with Crippen molar-refractivity contribution in [2.24, 2.45) is 17.8 Å². The van der Waals surface area contributed by atoms with E-state index in [1.807, 2.05) is 0 Å². The Hall–Kier alpha value is -1.29. The lowest BCUT2D eigenvalue weighted by molar-refractivity contribution is -0.383. The monoisotopic (exact) mass is 306 g/mol. The molecule has 1 aromatic carbocycles. The Morgan fingerprint density at radius 2 is 1.71 bits per heavy atom. The van der Waals surface area contributed by atoms with Gasteiger partial charge in [-0.05, 0) is 68.4 Å². The molecule has 0 amide bonds. The average molecular weight is 307 g/mol. The molecule has 4 aliphatic carbocycles. The Morgan fingerprint density at radius 1 is 1.14 bits per heavy atom. The van der Waals surface area contributed by atoms with Crippen molar-refractivity contribution in [2.75, 3.05) is 5.32 Å². The molecule has 0 heterocycles. The molecule has 1 N–H and O–H groups in total. The van der Waals surface area contributed by atoms with Crippen LogP contribution in [0.2, 0.25) is 5.02 Å². The number of hydrogen-bond donors (Lipinski definition) is 1. The second-order valence-corrected chi connectivity index (χ2v) is 7.62. The molecule has 0 spiro atoms. The molecule has 0 unspecified atom stereocenters. The van der Waals surface area contributed by atoms with Crippen LogP contribution < -0.4 is 5.32 Å². The van der Waals surface area contributed by atoms with Crippen LogP contribution in [-0.2, 0) is 0 Å². The molecule has 0 radical (unpaired) electrons. The molecule has 5 rings (SSSR count). The van der Waals surface area contributed by atoms with E-state index in [-0.39, 0.29) is 21.2 Å². The van der Waals surface area contributed by atoms with Gasteiger partial charge in [0.2, 0.25) is 0 Å². The number of rotatable bonds is 3. The lowest BCUT2D eigenvalue weighted by Crippen LogP contribution is -2.54. The summed E-state index contributed by atoms with van der Waals surface area (Å²) in [6.07, 6.45) is 7.55. The van der Waals surface area contributed by atoms with Crippen molar-refractivity contribution in [3.8, 4) is 0 Å². The van der Waals surface area contributed by atoms with Crippen molar-refractivity contribution in [1.29, 1.82) is 0 Å². The van der Waals surface area contributed by atoms with Gasteiger partial charge < -0.3 is 5.32 Å². The second kappa shape index (κ2) is 4.60. The Balaban J connectivity index is 1.67. The maximum absolute atomic E-state index is 11.3. The largest absolute Gasteiger partial charge is 0.374 e. The average Bonchev–Trinajstić information content (AvgIpc) is 2.35. The molecular weight excluding hydrogens is 288 g/mol. The van der Waals surface area contributed by atoms with Gasteiger partial charge in [-0.3, -0.25) is 10.1 Å². The summed E-state index contributed by atoms with van der Waals surface area (Å²) < 4.78 is 0. The Labute approximate surface area is 129 Å². The first-order valence-electron chi connectivity index (χ1n) is 7.76. The Bertz CT molecular complexity index is 567. The van der Waals surface area contributed by atoms with Crippen molar-refractivity contribution >= 4 is 23.0 Å². The van der Waals surface area contributed by atoms with Gasteiger partial charge in [-0.15, -0.1) is 0 Å². The second-order valence-electron chi connectivity index (χ2n) is 7.22. The van der Waals surface area contributed by atoms with Crippen molar-refractivity contribution in [1.82, 2.24) is 0 Å². The van der Waals surface area contributed by atoms with Gasteiger partial charge in [-0.1, -0.05) is 17.7 Å². The molecule has 1 aromatic rings. The van der Waals surface area contributed by atoms with E-state index < -0.39 is 0 Å². The van der Waals surface area contributed by atoms with E-state index in [0.29, 0.717) is 5.69 Å². The molecule has 4 fully saturated rings. The maximum Gasteiger partial charge on any atom is 0.310 e. The number of nitro benzene ring substituents is 1. The zero-order valence-electron chi connectivity index (χ0n) is 11.8. The van der Waals surface area contributed by atoms with Crippen LogP contribution in [0.4, 0.5) is 11.4 Å². The molecule has 4 aliphatic rings. The molecule has 0 saturated heterocycles. The van der Waals surface area contributed by atoms with Crippen molar-refractivity contribution in [2.45, 2.75) is 44.1 Å². The van der Waals surface area contributed by atoms with Crippen molar-refractivity contribution in [3.63, 3.8) is 0 Å². The van der Waals surface area contributed by atoms with Crippen molar-refractivity contribution in [3.05, 3.63) is 33.3 Å². The predicted octanol–water partition coefficient (Wildman–Crippen LogP) is 4.63. The quantitative estimate of drug-likeness (QED) is 0.654. The van der Waals surface area contributed by atoms with Gasteiger partial charge in [0.15, 0.2) is 0 Å². The van der Waals surface area contributed by atoms with Crippen LogP contribution in [0.5, 0.6) is 0 Å². The fourth-order valence-electron chi connectivity index (χ4n) is 5.35. The first-order valence-corrected chi connectivity index (χ1v) is 8.13. The van der Waals surface area contributed by atoms with Crippen LogP contribution in [0.1, 0.15) is 38.5 Å². The van der Waals surface area contributed by atoms with E-state index in [1.165, 1.54) is 19.3 Å². The third-order valence-electron chi connectivity index (χ3n) is 5.61. The normalized spacial score (nSPS) is 36.7. The highest BCUT2D eigenvalue weighted by Crippen LogP contribution is 2.57. The highest BCUT2D eigenvalue weighted by Gasteiger charge is 2.51. The first kappa shape index (κ1) is 13.4. The smallest absolute Gasteiger partial charge is 0.310 e. The van der Waals surface area contributed by atoms with Crippen LogP contribution in [-0.4, -0.2) is 10.5 Å². The van der Waals surface area contributed by atoms with E-state index in [0.717, 1.165) is 37.0 Å². The minimum absolute atomic E-state index is 0.0231. The third kappa shape index (κ3) is 2.20. The zero-order valence-corrected chi connectivity index (χ0v) is 12.6. The summed E-state index contributed by atoms with van der Waals surface area (Å²) in [6, 6.07) is 5.17. The molecule has 4 bridgehead atoms. The maximum atomic E-state index is 11.3. The number of hydrogen-bond acceptors (Lipinski definition) is 3. The summed E-state index contributed by atoms with van der Waals surface area (Å²) in [5.41, 5.74) is 0.675. The van der Waals surface area contributed by atoms with Gasteiger partial charge >= 0.3 is 5.69 Å². The summed E-state index contributed by atoms with van der Waals surface area (Å²) >= 11 is 6.03. The summed E-state index contributed by atoms with van der Waals surface area (Å²) in [4.78, 5) is 10.9. The summed E-state index contributed by atoms with van der Waals surface area (Å²) in [5, 5.41) is 15.1. The van der Waals surface area contributed by atoms with Gasteiger partial charge in [0.1, 0.15) is 10.7 Å². The van der Waals surface area contributed by atoms with Gasteiger partial charge in [-0.25, -0.2) is 0 Å². The molecule has 5 heteroatoms. The summed E-state index contributed by atoms with van der Waals surface area (Å²) in [7, 11) is 0. The Kier molecular flexibility index (Phi) is 2.93. The molecule has 0 aliphatic heterocycles. The van der Waals surface area contributed by atoms with Crippen LogP contribution >= 0.6 is 11.6 Å². The Morgan fingerprint density at radius 3 is 2.24 bits per heavy atom. The number of nitrogens with one attached hydrogen (secondary N) is 1. The third-order valence-corrected chi connectivity index (χ3v) is 5.91. The van der Waals surface area contributed by atoms with E-state index in [2.05, 4.69) is 5.32 Å². The minimum Gasteiger partial charge on any atom is -0.374 e. The fraction of sp³-hybridized carbons (Fsp3) is 0.625. The van der Waals surface area contributed by atoms with E-state index >= 15 is 0 Å². The molecule has 4 saturated carbocycles. The van der Waals surface area contributed by atoms with E-state index in [1.54, 1.807) is 18.2 Å². The predicted molar refractivity (Wildman–Crippen MR) is 82.6 cm³/mol. The van der Waals surface area contributed by atoms with Gasteiger partial charge in [0, 0.05) is 5.54 Å². The van der Waals surface area contributed by atoms with E-state index in [4.69, 9.17) is 11.6 Å². The standard InChI is InChI=1S/C16H19ClN2O2/c17-13-2-1-3-14(15(13)19(20)21)18-16-7-10-4-11(8-16)6-12(5-10)9-16/h1-3,10-12,18H,4-9H2. The van der Waals surface area contributed by atoms with Crippen molar-refractivity contribution < 1.29 is 4.92 Å². The minimum atomic E-state index is -0.370. The number of halogens is 1. The van der Waals surface area contributed by atoms with Gasteiger partial charge in [-0.2, -0.15) is 0 Å². The number of para-hydroxylation sites is 1. The first-order chi connectivity index (χ1) is 10.0. The SMILES string of the molecule is O=[N+]([O-])c1c(Cl)cccc1NC12CC3CC(CC(C3)C1)C2. The highest BCUT2D eigenvalue weighted by molar-refractivity contribution is 6.33. The lowest BCUT2D eigenvalue weighted by atomic mass is 9.53. The fourth-order valence-corrected chi connectivity index (χ4v) is 5.59. The highest BCUT2D eigenvalue weighted by atomic mass is 35.5. The van der Waals surface area contributed by atoms with Crippen LogP contribution in [0.3, 0.4) is 0 Å². The summed E-state index contributed by atoms with van der Waals surface area (Å²) in [5.74, 6) is 2.42. The topological polar surface area (TPSA) is 55.2 Å². The number of nitrogens with zero attached hydrogens (tertiary/aromatic N) is 1.